The molecule has 0 spiro atoms. The molecule has 0 bridgehead atoms. The first kappa shape index (κ1) is 14.1. The summed E-state index contributed by atoms with van der Waals surface area (Å²) in [5, 5.41) is 4.63. The quantitative estimate of drug-likeness (QED) is 0.864. The predicted molar refractivity (Wildman–Crippen MR) is 81.9 cm³/mol. The maximum absolute atomic E-state index is 12.8. The van der Waals surface area contributed by atoms with E-state index in [2.05, 4.69) is 5.16 Å². The Kier molecular flexibility index (Phi) is 3.97. The average molecular weight is 305 g/mol. The molecular weight excluding hydrogens is 288 g/mol. The number of aryl methyl sites for hydroxylation is 1. The van der Waals surface area contributed by atoms with Crippen LogP contribution in [0.5, 0.6) is 0 Å². The summed E-state index contributed by atoms with van der Waals surface area (Å²) in [7, 11) is 0. The van der Waals surface area contributed by atoms with Crippen molar-refractivity contribution in [2.75, 3.05) is 11.4 Å². The lowest BCUT2D eigenvalue weighted by Crippen LogP contribution is -2.31. The molecule has 110 valence electrons. The molecular formula is C16H17ClN2O2. The maximum atomic E-state index is 12.8. The lowest BCUT2D eigenvalue weighted by molar-refractivity contribution is 0.0979. The highest BCUT2D eigenvalue weighted by Crippen LogP contribution is 2.27. The molecule has 21 heavy (non-hydrogen) atoms. The fourth-order valence-corrected chi connectivity index (χ4v) is 2.95. The Morgan fingerprint density at radius 3 is 2.95 bits per heavy atom. The molecule has 1 amide bonds. The first-order valence-corrected chi connectivity index (χ1v) is 7.63. The van der Waals surface area contributed by atoms with Crippen LogP contribution in [-0.2, 0) is 12.8 Å². The summed E-state index contributed by atoms with van der Waals surface area (Å²) in [5.41, 5.74) is 2.21. The van der Waals surface area contributed by atoms with Gasteiger partial charge in [-0.3, -0.25) is 4.79 Å². The van der Waals surface area contributed by atoms with E-state index in [1.807, 2.05) is 19.1 Å². The van der Waals surface area contributed by atoms with Gasteiger partial charge in [0.05, 0.1) is 0 Å². The minimum absolute atomic E-state index is 0.119. The second kappa shape index (κ2) is 5.90. The molecule has 0 atom stereocenters. The van der Waals surface area contributed by atoms with Crippen LogP contribution in [0.1, 0.15) is 41.6 Å². The molecule has 0 saturated heterocycles. The van der Waals surface area contributed by atoms with Crippen molar-refractivity contribution >= 4 is 23.2 Å². The summed E-state index contributed by atoms with van der Waals surface area (Å²) in [6.45, 7) is 2.49. The Labute approximate surface area is 128 Å². The molecule has 1 aromatic carbocycles. The highest BCUT2D eigenvalue weighted by molar-refractivity contribution is 6.31. The van der Waals surface area contributed by atoms with Crippen LogP contribution in [-0.4, -0.2) is 17.6 Å². The molecule has 0 N–H and O–H groups in total. The Morgan fingerprint density at radius 2 is 2.19 bits per heavy atom. The van der Waals surface area contributed by atoms with Crippen LogP contribution in [0.15, 0.2) is 28.8 Å². The Morgan fingerprint density at radius 1 is 1.38 bits per heavy atom. The van der Waals surface area contributed by atoms with Crippen molar-refractivity contribution in [1.82, 2.24) is 5.16 Å². The lowest BCUT2D eigenvalue weighted by atomic mass is 9.96. The van der Waals surface area contributed by atoms with Gasteiger partial charge in [-0.2, -0.15) is 0 Å². The number of hydrogen-bond acceptors (Lipinski definition) is 3. The number of anilines is 1. The van der Waals surface area contributed by atoms with E-state index in [0.29, 0.717) is 17.3 Å². The van der Waals surface area contributed by atoms with Crippen LogP contribution in [0, 0.1) is 0 Å². The summed E-state index contributed by atoms with van der Waals surface area (Å²) in [5.74, 6) is 0.749. The monoisotopic (exact) mass is 304 g/mol. The van der Waals surface area contributed by atoms with E-state index in [9.17, 15) is 4.79 Å². The van der Waals surface area contributed by atoms with E-state index in [1.165, 1.54) is 0 Å². The minimum Gasteiger partial charge on any atom is -0.360 e. The largest absolute Gasteiger partial charge is 0.360 e. The first-order chi connectivity index (χ1) is 10.2. The molecule has 1 heterocycles. The van der Waals surface area contributed by atoms with Gasteiger partial charge in [0, 0.05) is 29.2 Å². The van der Waals surface area contributed by atoms with Crippen molar-refractivity contribution in [1.29, 1.82) is 0 Å². The van der Waals surface area contributed by atoms with Gasteiger partial charge < -0.3 is 9.42 Å². The summed E-state index contributed by atoms with van der Waals surface area (Å²) < 4.78 is 5.34. The summed E-state index contributed by atoms with van der Waals surface area (Å²) in [6.07, 6.45) is 3.92. The van der Waals surface area contributed by atoms with Gasteiger partial charge >= 0.3 is 0 Å². The van der Waals surface area contributed by atoms with Crippen molar-refractivity contribution in [2.45, 2.75) is 32.6 Å². The van der Waals surface area contributed by atoms with Gasteiger partial charge in [0.15, 0.2) is 5.69 Å². The zero-order chi connectivity index (χ0) is 14.8. The number of carbonyl (C=O) groups is 1. The fourth-order valence-electron chi connectivity index (χ4n) is 2.77. The van der Waals surface area contributed by atoms with Gasteiger partial charge in [-0.1, -0.05) is 22.8 Å². The van der Waals surface area contributed by atoms with E-state index >= 15 is 0 Å². The number of hydrogen-bond donors (Lipinski definition) is 0. The van der Waals surface area contributed by atoms with E-state index in [4.69, 9.17) is 16.1 Å². The topological polar surface area (TPSA) is 46.3 Å². The van der Waals surface area contributed by atoms with Crippen molar-refractivity contribution < 1.29 is 9.32 Å². The third kappa shape index (κ3) is 2.68. The number of benzene rings is 1. The van der Waals surface area contributed by atoms with Gasteiger partial charge in [0.25, 0.3) is 5.91 Å². The summed E-state index contributed by atoms with van der Waals surface area (Å²) >= 11 is 6.02. The number of carbonyl (C=O) groups excluding carboxylic acids is 1. The van der Waals surface area contributed by atoms with Crippen LogP contribution in [0.3, 0.4) is 0 Å². The third-order valence-corrected chi connectivity index (χ3v) is 4.07. The molecule has 1 aromatic heterocycles. The van der Waals surface area contributed by atoms with Crippen LogP contribution in [0.2, 0.25) is 5.02 Å². The van der Waals surface area contributed by atoms with Gasteiger partial charge in [0.2, 0.25) is 0 Å². The summed E-state index contributed by atoms with van der Waals surface area (Å²) in [6, 6.07) is 7.29. The van der Waals surface area contributed by atoms with Gasteiger partial charge in [-0.15, -0.1) is 0 Å². The first-order valence-electron chi connectivity index (χ1n) is 7.25. The number of nitrogens with zero attached hydrogens (tertiary/aromatic N) is 2. The number of halogens is 1. The van der Waals surface area contributed by atoms with E-state index in [-0.39, 0.29) is 5.91 Å². The molecule has 1 aliphatic carbocycles. The second-order valence-corrected chi connectivity index (χ2v) is 5.61. The zero-order valence-electron chi connectivity index (χ0n) is 11.9. The highest BCUT2D eigenvalue weighted by atomic mass is 35.5. The molecule has 0 radical (unpaired) electrons. The molecule has 3 rings (SSSR count). The number of fused-ring (bicyclic) bond motifs is 1. The van der Waals surface area contributed by atoms with Crippen molar-refractivity contribution in [2.24, 2.45) is 0 Å². The van der Waals surface area contributed by atoms with Crippen LogP contribution in [0.4, 0.5) is 5.69 Å². The van der Waals surface area contributed by atoms with Crippen LogP contribution in [0.25, 0.3) is 0 Å². The highest BCUT2D eigenvalue weighted by Gasteiger charge is 2.27. The molecule has 4 nitrogen and oxygen atoms in total. The molecule has 1 aliphatic rings. The summed E-state index contributed by atoms with van der Waals surface area (Å²) in [4.78, 5) is 14.5. The molecule has 0 fully saturated rings. The standard InChI is InChI=1S/C16H17ClN2O2/c1-2-19(12-7-5-6-11(17)10-12)16(20)15-13-8-3-4-9-14(13)21-18-15/h5-7,10H,2-4,8-9H2,1H3. The van der Waals surface area contributed by atoms with Crippen LogP contribution >= 0.6 is 11.6 Å². The number of aromatic nitrogens is 1. The molecule has 0 aliphatic heterocycles. The van der Waals surface area contributed by atoms with E-state index in [1.54, 1.807) is 17.0 Å². The molecule has 0 unspecified atom stereocenters. The van der Waals surface area contributed by atoms with E-state index in [0.717, 1.165) is 42.7 Å². The predicted octanol–water partition coefficient (Wildman–Crippen LogP) is 3.87. The lowest BCUT2D eigenvalue weighted by Gasteiger charge is -2.21. The Bertz CT molecular complexity index is 666. The van der Waals surface area contributed by atoms with Gasteiger partial charge in [-0.05, 0) is 44.4 Å². The Hall–Kier alpha value is -1.81. The SMILES string of the molecule is CCN(C(=O)c1noc2c1CCCC2)c1cccc(Cl)c1. The smallest absolute Gasteiger partial charge is 0.280 e. The maximum Gasteiger partial charge on any atom is 0.280 e. The van der Waals surface area contributed by atoms with Crippen molar-refractivity contribution in [3.05, 3.63) is 46.3 Å². The number of rotatable bonds is 3. The van der Waals surface area contributed by atoms with Crippen molar-refractivity contribution in [3.8, 4) is 0 Å². The van der Waals surface area contributed by atoms with Gasteiger partial charge in [0.1, 0.15) is 5.76 Å². The molecule has 5 heteroatoms. The van der Waals surface area contributed by atoms with Crippen molar-refractivity contribution in [3.63, 3.8) is 0 Å². The zero-order valence-corrected chi connectivity index (χ0v) is 12.7. The normalized spacial score (nSPS) is 13.8. The molecule has 0 saturated carbocycles. The number of amides is 1. The second-order valence-electron chi connectivity index (χ2n) is 5.17. The van der Waals surface area contributed by atoms with Gasteiger partial charge in [-0.25, -0.2) is 0 Å². The minimum atomic E-state index is -0.119. The average Bonchev–Trinajstić information content (AvgIpc) is 2.92. The Balaban J connectivity index is 1.94. The third-order valence-electron chi connectivity index (χ3n) is 3.83. The van der Waals surface area contributed by atoms with E-state index < -0.39 is 0 Å². The fraction of sp³-hybridized carbons (Fsp3) is 0.375. The molecule has 2 aromatic rings. The van der Waals surface area contributed by atoms with Crippen LogP contribution < -0.4 is 4.90 Å².